The lowest BCUT2D eigenvalue weighted by Gasteiger charge is -2.09. The van der Waals surface area contributed by atoms with E-state index in [9.17, 15) is 4.39 Å². The molecule has 0 aliphatic rings. The van der Waals surface area contributed by atoms with Crippen LogP contribution in [0.5, 0.6) is 5.75 Å². The van der Waals surface area contributed by atoms with E-state index in [1.165, 1.54) is 6.07 Å². The summed E-state index contributed by atoms with van der Waals surface area (Å²) in [7, 11) is 0. The molecule has 0 aliphatic carbocycles. The van der Waals surface area contributed by atoms with Gasteiger partial charge in [-0.2, -0.15) is 0 Å². The van der Waals surface area contributed by atoms with Crippen LogP contribution in [0.1, 0.15) is 25.3 Å². The van der Waals surface area contributed by atoms with Crippen molar-refractivity contribution in [1.82, 2.24) is 14.9 Å². The molecule has 1 heterocycles. The smallest absolute Gasteiger partial charge is 0.165 e. The highest BCUT2D eigenvalue weighted by Crippen LogP contribution is 2.18. The fourth-order valence-electron chi connectivity index (χ4n) is 2.03. The van der Waals surface area contributed by atoms with Crippen LogP contribution in [0.4, 0.5) is 4.39 Å². The number of benzene rings is 1. The van der Waals surface area contributed by atoms with Gasteiger partial charge in [0.1, 0.15) is 0 Å². The zero-order valence-electron chi connectivity index (χ0n) is 12.4. The lowest BCUT2D eigenvalue weighted by atomic mass is 10.2. The second-order valence-corrected chi connectivity index (χ2v) is 4.94. The van der Waals surface area contributed by atoms with Gasteiger partial charge in [0, 0.05) is 25.5 Å². The van der Waals surface area contributed by atoms with Crippen LogP contribution < -0.4 is 10.1 Å². The number of aryl methyl sites for hydroxylation is 1. The van der Waals surface area contributed by atoms with Crippen molar-refractivity contribution in [2.45, 2.75) is 32.9 Å². The zero-order valence-corrected chi connectivity index (χ0v) is 12.4. The maximum absolute atomic E-state index is 13.9. The van der Waals surface area contributed by atoms with Crippen LogP contribution in [0.2, 0.25) is 0 Å². The van der Waals surface area contributed by atoms with Crippen molar-refractivity contribution in [2.24, 2.45) is 0 Å². The molecule has 4 nitrogen and oxygen atoms in total. The molecule has 0 unspecified atom stereocenters. The summed E-state index contributed by atoms with van der Waals surface area (Å²) in [5.74, 6) is 0.0216. The molecule has 2 rings (SSSR count). The Bertz CT molecular complexity index is 528. The van der Waals surface area contributed by atoms with E-state index in [-0.39, 0.29) is 5.82 Å². The molecule has 0 saturated heterocycles. The molecule has 0 fully saturated rings. The van der Waals surface area contributed by atoms with E-state index < -0.39 is 0 Å². The normalized spacial score (nSPS) is 10.8. The van der Waals surface area contributed by atoms with Gasteiger partial charge in [0.25, 0.3) is 0 Å². The molecular formula is C16H22FN3O. The first kappa shape index (κ1) is 15.5. The van der Waals surface area contributed by atoms with Gasteiger partial charge in [-0.15, -0.1) is 0 Å². The fourth-order valence-corrected chi connectivity index (χ4v) is 2.03. The predicted octanol–water partition coefficient (Wildman–Crippen LogP) is 2.99. The van der Waals surface area contributed by atoms with E-state index in [1.807, 2.05) is 16.8 Å². The van der Waals surface area contributed by atoms with Gasteiger partial charge in [-0.1, -0.05) is 13.0 Å². The number of ether oxygens (including phenoxy) is 1. The fraction of sp³-hybridized carbons (Fsp3) is 0.438. The van der Waals surface area contributed by atoms with Crippen molar-refractivity contribution < 1.29 is 9.13 Å². The second kappa shape index (κ2) is 8.42. The monoisotopic (exact) mass is 291 g/mol. The van der Waals surface area contributed by atoms with Gasteiger partial charge >= 0.3 is 0 Å². The first-order chi connectivity index (χ1) is 10.3. The van der Waals surface area contributed by atoms with Crippen molar-refractivity contribution in [1.29, 1.82) is 0 Å². The number of hydrogen-bond acceptors (Lipinski definition) is 3. The Labute approximate surface area is 125 Å². The van der Waals surface area contributed by atoms with Crippen LogP contribution in [-0.2, 0) is 13.1 Å². The number of hydrogen-bond donors (Lipinski definition) is 1. The Morgan fingerprint density at radius 3 is 3.00 bits per heavy atom. The quantitative estimate of drug-likeness (QED) is 0.722. The van der Waals surface area contributed by atoms with Crippen molar-refractivity contribution in [3.63, 3.8) is 0 Å². The van der Waals surface area contributed by atoms with Crippen molar-refractivity contribution >= 4 is 0 Å². The van der Waals surface area contributed by atoms with Crippen LogP contribution in [0, 0.1) is 5.82 Å². The highest BCUT2D eigenvalue weighted by Gasteiger charge is 2.04. The van der Waals surface area contributed by atoms with Gasteiger partial charge in [-0.05, 0) is 37.1 Å². The van der Waals surface area contributed by atoms with E-state index >= 15 is 0 Å². The average Bonchev–Trinajstić information content (AvgIpc) is 2.99. The van der Waals surface area contributed by atoms with Crippen LogP contribution in [0.3, 0.4) is 0 Å². The average molecular weight is 291 g/mol. The molecule has 1 aromatic heterocycles. The molecule has 2 aromatic rings. The summed E-state index contributed by atoms with van der Waals surface area (Å²) in [6.45, 7) is 5.04. The molecule has 21 heavy (non-hydrogen) atoms. The minimum absolute atomic E-state index is 0.298. The van der Waals surface area contributed by atoms with Gasteiger partial charge in [-0.3, -0.25) is 0 Å². The summed E-state index contributed by atoms with van der Waals surface area (Å²) >= 11 is 0. The molecule has 5 heteroatoms. The highest BCUT2D eigenvalue weighted by molar-refractivity contribution is 5.29. The number of nitrogens with zero attached hydrogens (tertiary/aromatic N) is 2. The zero-order chi connectivity index (χ0) is 14.9. The molecule has 114 valence electrons. The van der Waals surface area contributed by atoms with E-state index in [2.05, 4.69) is 17.2 Å². The standard InChI is InChI=1S/C16H22FN3O/c1-2-6-18-12-14-4-5-16(15(17)11-14)21-10-3-8-20-9-7-19-13-20/h4-5,7,9,11,13,18H,2-3,6,8,10,12H2,1H3. The molecule has 1 N–H and O–H groups in total. The summed E-state index contributed by atoms with van der Waals surface area (Å²) in [6.07, 6.45) is 7.29. The van der Waals surface area contributed by atoms with E-state index in [4.69, 9.17) is 4.74 Å². The third-order valence-electron chi connectivity index (χ3n) is 3.13. The van der Waals surface area contributed by atoms with Gasteiger partial charge in [0.2, 0.25) is 0 Å². The molecule has 0 aliphatic heterocycles. The minimum Gasteiger partial charge on any atom is -0.490 e. The first-order valence-electron chi connectivity index (χ1n) is 7.37. The third-order valence-corrected chi connectivity index (χ3v) is 3.13. The summed E-state index contributed by atoms with van der Waals surface area (Å²) in [6, 6.07) is 5.14. The van der Waals surface area contributed by atoms with E-state index in [1.54, 1.807) is 18.6 Å². The number of aromatic nitrogens is 2. The van der Waals surface area contributed by atoms with Crippen molar-refractivity contribution in [3.8, 4) is 5.75 Å². The largest absolute Gasteiger partial charge is 0.490 e. The maximum Gasteiger partial charge on any atom is 0.165 e. The third kappa shape index (κ3) is 5.19. The topological polar surface area (TPSA) is 39.1 Å². The molecule has 0 spiro atoms. The second-order valence-electron chi connectivity index (χ2n) is 4.94. The molecule has 1 aromatic carbocycles. The summed E-state index contributed by atoms with van der Waals surface area (Å²) in [5.41, 5.74) is 0.937. The Morgan fingerprint density at radius 1 is 1.38 bits per heavy atom. The van der Waals surface area contributed by atoms with Crippen molar-refractivity contribution in [2.75, 3.05) is 13.2 Å². The lowest BCUT2D eigenvalue weighted by Crippen LogP contribution is -2.14. The van der Waals surface area contributed by atoms with E-state index in [0.717, 1.165) is 31.5 Å². The van der Waals surface area contributed by atoms with Gasteiger partial charge in [-0.25, -0.2) is 9.37 Å². The summed E-state index contributed by atoms with van der Waals surface area (Å²) in [5, 5.41) is 3.25. The Kier molecular flexibility index (Phi) is 6.22. The molecule has 0 radical (unpaired) electrons. The lowest BCUT2D eigenvalue weighted by molar-refractivity contribution is 0.287. The highest BCUT2D eigenvalue weighted by atomic mass is 19.1. The SMILES string of the molecule is CCCNCc1ccc(OCCCn2ccnc2)c(F)c1. The Hall–Kier alpha value is -1.88. The minimum atomic E-state index is -0.298. The van der Waals surface area contributed by atoms with Gasteiger partial charge < -0.3 is 14.6 Å². The summed E-state index contributed by atoms with van der Waals surface area (Å²) < 4.78 is 21.4. The van der Waals surface area contributed by atoms with Gasteiger partial charge in [0.15, 0.2) is 11.6 Å². The molecular weight excluding hydrogens is 269 g/mol. The molecule has 0 saturated carbocycles. The molecule has 0 atom stereocenters. The Morgan fingerprint density at radius 2 is 2.29 bits per heavy atom. The number of halogens is 1. The predicted molar refractivity (Wildman–Crippen MR) is 80.7 cm³/mol. The molecule has 0 bridgehead atoms. The van der Waals surface area contributed by atoms with Crippen LogP contribution >= 0.6 is 0 Å². The number of rotatable bonds is 9. The van der Waals surface area contributed by atoms with Crippen molar-refractivity contribution in [3.05, 3.63) is 48.3 Å². The Balaban J connectivity index is 1.75. The van der Waals surface area contributed by atoms with E-state index in [0.29, 0.717) is 18.9 Å². The maximum atomic E-state index is 13.9. The number of nitrogens with one attached hydrogen (secondary N) is 1. The van der Waals surface area contributed by atoms with Gasteiger partial charge in [0.05, 0.1) is 12.9 Å². The number of imidazole rings is 1. The van der Waals surface area contributed by atoms with Crippen LogP contribution in [0.25, 0.3) is 0 Å². The molecule has 0 amide bonds. The van der Waals surface area contributed by atoms with Crippen LogP contribution in [0.15, 0.2) is 36.9 Å². The van der Waals surface area contributed by atoms with Crippen LogP contribution in [-0.4, -0.2) is 22.7 Å². The summed E-state index contributed by atoms with van der Waals surface area (Å²) in [4.78, 5) is 3.97. The first-order valence-corrected chi connectivity index (χ1v) is 7.37.